The summed E-state index contributed by atoms with van der Waals surface area (Å²) in [5.74, 6) is 0.145. The van der Waals surface area contributed by atoms with E-state index in [0.717, 1.165) is 49.8 Å². The first-order chi connectivity index (χ1) is 11.6. The zero-order valence-electron chi connectivity index (χ0n) is 13.6. The Balaban J connectivity index is 1.57. The first kappa shape index (κ1) is 17.4. The molecule has 0 radical (unpaired) electrons. The van der Waals surface area contributed by atoms with Gasteiger partial charge in [0, 0.05) is 42.5 Å². The molecule has 2 atom stereocenters. The summed E-state index contributed by atoms with van der Waals surface area (Å²) < 4.78 is 0.792. The number of carbonyl (C=O) groups excluding carboxylic acids is 2. The van der Waals surface area contributed by atoms with Crippen LogP contribution in [0.25, 0.3) is 0 Å². The molecule has 1 aromatic rings. The molecule has 0 aliphatic carbocycles. The third-order valence-electron chi connectivity index (χ3n) is 4.67. The average Bonchev–Trinajstić information content (AvgIpc) is 2.62. The third-order valence-corrected chi connectivity index (χ3v) is 5.11. The maximum absolute atomic E-state index is 12.6. The van der Waals surface area contributed by atoms with Crippen LogP contribution in [0.5, 0.6) is 0 Å². The largest absolute Gasteiger partial charge is 0.351 e. The van der Waals surface area contributed by atoms with E-state index in [1.165, 1.54) is 0 Å². The Kier molecular flexibility index (Phi) is 5.84. The minimum Gasteiger partial charge on any atom is -0.351 e. The first-order valence-electron chi connectivity index (χ1n) is 8.54. The Morgan fingerprint density at radius 3 is 2.92 bits per heavy atom. The van der Waals surface area contributed by atoms with Gasteiger partial charge < -0.3 is 15.5 Å². The van der Waals surface area contributed by atoms with Crippen molar-refractivity contribution < 1.29 is 9.59 Å². The van der Waals surface area contributed by atoms with E-state index in [1.54, 1.807) is 18.5 Å². The number of aromatic nitrogens is 1. The normalized spacial score (nSPS) is 24.5. The van der Waals surface area contributed by atoms with Gasteiger partial charge in [-0.2, -0.15) is 0 Å². The van der Waals surface area contributed by atoms with Crippen LogP contribution < -0.4 is 10.6 Å². The van der Waals surface area contributed by atoms with Crippen LogP contribution >= 0.6 is 15.9 Å². The second kappa shape index (κ2) is 8.07. The van der Waals surface area contributed by atoms with Crippen LogP contribution in [-0.2, 0) is 4.79 Å². The van der Waals surface area contributed by atoms with E-state index < -0.39 is 0 Å². The monoisotopic (exact) mass is 394 g/mol. The van der Waals surface area contributed by atoms with Gasteiger partial charge in [-0.25, -0.2) is 0 Å². The molecule has 7 heteroatoms. The number of hydrogen-bond acceptors (Lipinski definition) is 4. The fourth-order valence-electron chi connectivity index (χ4n) is 3.39. The second-order valence-corrected chi connectivity index (χ2v) is 7.45. The van der Waals surface area contributed by atoms with Gasteiger partial charge in [-0.05, 0) is 54.2 Å². The van der Waals surface area contributed by atoms with E-state index >= 15 is 0 Å². The summed E-state index contributed by atoms with van der Waals surface area (Å²) in [7, 11) is 0. The van der Waals surface area contributed by atoms with Crippen LogP contribution in [0.15, 0.2) is 22.9 Å². The fraction of sp³-hybridized carbons (Fsp3) is 0.588. The lowest BCUT2D eigenvalue weighted by atomic mass is 9.97. The molecule has 2 amide bonds. The molecule has 3 heterocycles. The topological polar surface area (TPSA) is 74.3 Å². The Morgan fingerprint density at radius 1 is 1.29 bits per heavy atom. The van der Waals surface area contributed by atoms with E-state index in [9.17, 15) is 9.59 Å². The number of likely N-dealkylation sites (tertiary alicyclic amines) is 1. The van der Waals surface area contributed by atoms with E-state index in [-0.39, 0.29) is 23.8 Å². The molecule has 1 aromatic heterocycles. The molecule has 2 saturated heterocycles. The maximum Gasteiger partial charge on any atom is 0.255 e. The minimum absolute atomic E-state index is 0.0258. The molecule has 130 valence electrons. The van der Waals surface area contributed by atoms with E-state index in [1.807, 2.05) is 4.90 Å². The number of halogens is 1. The number of nitrogens with one attached hydrogen (secondary N) is 2. The molecule has 0 saturated carbocycles. The van der Waals surface area contributed by atoms with Gasteiger partial charge in [0.15, 0.2) is 0 Å². The van der Waals surface area contributed by atoms with Crippen molar-refractivity contribution in [2.75, 3.05) is 26.2 Å². The Hall–Kier alpha value is -1.47. The van der Waals surface area contributed by atoms with Crippen molar-refractivity contribution >= 4 is 27.7 Å². The van der Waals surface area contributed by atoms with Crippen LogP contribution in [0, 0.1) is 5.92 Å². The van der Waals surface area contributed by atoms with Gasteiger partial charge in [0.2, 0.25) is 5.91 Å². The van der Waals surface area contributed by atoms with Crippen molar-refractivity contribution in [1.29, 1.82) is 0 Å². The predicted molar refractivity (Wildman–Crippen MR) is 94.6 cm³/mol. The van der Waals surface area contributed by atoms with Gasteiger partial charge >= 0.3 is 0 Å². The summed E-state index contributed by atoms with van der Waals surface area (Å²) in [6.45, 7) is 3.04. The van der Waals surface area contributed by atoms with Crippen LogP contribution in [0.1, 0.15) is 36.0 Å². The van der Waals surface area contributed by atoms with Gasteiger partial charge in [0.05, 0.1) is 11.5 Å². The van der Waals surface area contributed by atoms with E-state index in [2.05, 4.69) is 31.5 Å². The molecule has 24 heavy (non-hydrogen) atoms. The van der Waals surface area contributed by atoms with E-state index in [4.69, 9.17) is 0 Å². The highest BCUT2D eigenvalue weighted by atomic mass is 79.9. The smallest absolute Gasteiger partial charge is 0.255 e. The Morgan fingerprint density at radius 2 is 2.17 bits per heavy atom. The molecule has 0 unspecified atom stereocenters. The highest BCUT2D eigenvalue weighted by Gasteiger charge is 2.28. The quantitative estimate of drug-likeness (QED) is 0.815. The van der Waals surface area contributed by atoms with Crippen molar-refractivity contribution in [2.45, 2.75) is 31.7 Å². The van der Waals surface area contributed by atoms with Crippen LogP contribution in [-0.4, -0.2) is 53.9 Å². The lowest BCUT2D eigenvalue weighted by molar-refractivity contribution is -0.126. The standard InChI is InChI=1S/C17H23BrN4O2/c18-14-7-13(9-20-10-14)17(24)22-6-2-4-15(11-22)21-16(23)12-3-1-5-19-8-12/h7,9-10,12,15,19H,1-6,8,11H2,(H,21,23)/t12-,15-/m0/s1. The van der Waals surface area contributed by atoms with Gasteiger partial charge in [-0.1, -0.05) is 0 Å². The molecule has 3 rings (SSSR count). The third kappa shape index (κ3) is 4.33. The number of piperidine rings is 2. The second-order valence-electron chi connectivity index (χ2n) is 6.53. The molecule has 2 fully saturated rings. The molecule has 0 bridgehead atoms. The lowest BCUT2D eigenvalue weighted by Crippen LogP contribution is -2.52. The number of nitrogens with zero attached hydrogens (tertiary/aromatic N) is 2. The number of rotatable bonds is 3. The van der Waals surface area contributed by atoms with Crippen molar-refractivity contribution in [1.82, 2.24) is 20.5 Å². The molecule has 2 aliphatic rings. The lowest BCUT2D eigenvalue weighted by Gasteiger charge is -2.34. The Bertz CT molecular complexity index is 604. The molecule has 2 aliphatic heterocycles. The number of hydrogen-bond donors (Lipinski definition) is 2. The first-order valence-corrected chi connectivity index (χ1v) is 9.33. The van der Waals surface area contributed by atoms with Gasteiger partial charge in [-0.3, -0.25) is 14.6 Å². The van der Waals surface area contributed by atoms with Gasteiger partial charge in [-0.15, -0.1) is 0 Å². The van der Waals surface area contributed by atoms with Crippen molar-refractivity contribution in [2.24, 2.45) is 5.92 Å². The minimum atomic E-state index is -0.0258. The highest BCUT2D eigenvalue weighted by Crippen LogP contribution is 2.17. The maximum atomic E-state index is 12.6. The Labute approximate surface area is 150 Å². The summed E-state index contributed by atoms with van der Waals surface area (Å²) in [5, 5.41) is 6.41. The van der Waals surface area contributed by atoms with Gasteiger partial charge in [0.1, 0.15) is 0 Å². The summed E-state index contributed by atoms with van der Waals surface area (Å²) in [6.07, 6.45) is 7.06. The molecule has 0 aromatic carbocycles. The molecule has 2 N–H and O–H groups in total. The predicted octanol–water partition coefficient (Wildman–Crippen LogP) is 1.56. The van der Waals surface area contributed by atoms with Crippen molar-refractivity contribution in [3.8, 4) is 0 Å². The molecule has 6 nitrogen and oxygen atoms in total. The van der Waals surface area contributed by atoms with E-state index in [0.29, 0.717) is 12.1 Å². The van der Waals surface area contributed by atoms with Gasteiger partial charge in [0.25, 0.3) is 5.91 Å². The summed E-state index contributed by atoms with van der Waals surface area (Å²) in [4.78, 5) is 30.9. The SMILES string of the molecule is O=C(N[C@H]1CCCN(C(=O)c2cncc(Br)c2)C1)[C@H]1CCCNC1. The number of amides is 2. The zero-order chi connectivity index (χ0) is 16.9. The van der Waals surface area contributed by atoms with Crippen molar-refractivity contribution in [3.05, 3.63) is 28.5 Å². The summed E-state index contributed by atoms with van der Waals surface area (Å²) in [6, 6.07) is 1.82. The number of pyridine rings is 1. The molecular weight excluding hydrogens is 372 g/mol. The number of carbonyl (C=O) groups is 2. The van der Waals surface area contributed by atoms with Crippen molar-refractivity contribution in [3.63, 3.8) is 0 Å². The van der Waals surface area contributed by atoms with Crippen LogP contribution in [0.2, 0.25) is 0 Å². The average molecular weight is 395 g/mol. The van der Waals surface area contributed by atoms with Crippen LogP contribution in [0.3, 0.4) is 0 Å². The molecule has 0 spiro atoms. The highest BCUT2D eigenvalue weighted by molar-refractivity contribution is 9.10. The summed E-state index contributed by atoms with van der Waals surface area (Å²) in [5.41, 5.74) is 0.577. The zero-order valence-corrected chi connectivity index (χ0v) is 15.2. The summed E-state index contributed by atoms with van der Waals surface area (Å²) >= 11 is 3.35. The van der Waals surface area contributed by atoms with Crippen LogP contribution in [0.4, 0.5) is 0 Å². The fourth-order valence-corrected chi connectivity index (χ4v) is 3.75. The molecular formula is C17H23BrN4O2.